The molecule has 1 fully saturated rings. The molecule has 1 rings (SSSR count). The van der Waals surface area contributed by atoms with Crippen LogP contribution in [0, 0.1) is 5.41 Å². The second-order valence-corrected chi connectivity index (χ2v) is 6.66. The van der Waals surface area contributed by atoms with Gasteiger partial charge in [-0.15, -0.1) is 0 Å². The predicted molar refractivity (Wildman–Crippen MR) is 60.6 cm³/mol. The molecule has 0 bridgehead atoms. The molecule has 0 aliphatic carbocycles. The first-order valence-corrected chi connectivity index (χ1v) is 7.20. The number of esters is 1. The van der Waals surface area contributed by atoms with Crippen LogP contribution in [0.4, 0.5) is 0 Å². The van der Waals surface area contributed by atoms with Crippen LogP contribution in [-0.4, -0.2) is 39.0 Å². The number of hydrogen-bond donors (Lipinski definition) is 1. The Kier molecular flexibility index (Phi) is 3.96. The lowest BCUT2D eigenvalue weighted by Crippen LogP contribution is -2.44. The Morgan fingerprint density at radius 1 is 1.56 bits per heavy atom. The number of methoxy groups -OCH3 is 1. The molecular weight excluding hydrogens is 230 g/mol. The van der Waals surface area contributed by atoms with Gasteiger partial charge in [-0.25, -0.2) is 8.42 Å². The molecule has 16 heavy (non-hydrogen) atoms. The predicted octanol–water partition coefficient (Wildman–Crippen LogP) is 0.0917. The van der Waals surface area contributed by atoms with Gasteiger partial charge in [-0.2, -0.15) is 0 Å². The minimum absolute atomic E-state index is 0.00407. The van der Waals surface area contributed by atoms with Gasteiger partial charge in [-0.05, 0) is 12.8 Å². The van der Waals surface area contributed by atoms with Crippen molar-refractivity contribution in [2.45, 2.75) is 32.2 Å². The van der Waals surface area contributed by atoms with E-state index in [2.05, 4.69) is 4.74 Å². The minimum atomic E-state index is -3.05. The van der Waals surface area contributed by atoms with Crippen molar-refractivity contribution in [1.82, 2.24) is 0 Å². The van der Waals surface area contributed by atoms with E-state index in [0.717, 1.165) is 0 Å². The molecule has 0 aromatic rings. The molecule has 0 aromatic heterocycles. The largest absolute Gasteiger partial charge is 0.469 e. The van der Waals surface area contributed by atoms with Crippen molar-refractivity contribution in [3.05, 3.63) is 0 Å². The van der Waals surface area contributed by atoms with Crippen molar-refractivity contribution in [2.75, 3.05) is 18.6 Å². The normalized spacial score (nSPS) is 29.9. The third kappa shape index (κ3) is 2.74. The number of nitrogens with two attached hydrogens (primary N) is 1. The maximum Gasteiger partial charge on any atom is 0.306 e. The standard InChI is InChI=1S/C10H19NO4S/c1-3-8(11)10(6-9(12)15-2)4-5-16(13,14)7-10/h8H,3-7,11H2,1-2H3. The maximum absolute atomic E-state index is 11.5. The summed E-state index contributed by atoms with van der Waals surface area (Å²) in [6, 6.07) is -0.274. The molecule has 0 saturated carbocycles. The second-order valence-electron chi connectivity index (χ2n) is 4.47. The molecule has 1 heterocycles. The van der Waals surface area contributed by atoms with Gasteiger partial charge in [0.15, 0.2) is 9.84 Å². The van der Waals surface area contributed by atoms with E-state index in [9.17, 15) is 13.2 Å². The number of rotatable bonds is 4. The van der Waals surface area contributed by atoms with E-state index in [-0.39, 0.29) is 29.9 Å². The summed E-state index contributed by atoms with van der Waals surface area (Å²) in [5.41, 5.74) is 5.34. The van der Waals surface area contributed by atoms with Crippen LogP contribution in [0.25, 0.3) is 0 Å². The number of hydrogen-bond acceptors (Lipinski definition) is 5. The third-order valence-corrected chi connectivity index (χ3v) is 5.21. The minimum Gasteiger partial charge on any atom is -0.469 e. The van der Waals surface area contributed by atoms with Crippen molar-refractivity contribution in [2.24, 2.45) is 11.1 Å². The molecule has 0 amide bonds. The van der Waals surface area contributed by atoms with Gasteiger partial charge in [0.25, 0.3) is 0 Å². The van der Waals surface area contributed by atoms with Crippen LogP contribution in [0.5, 0.6) is 0 Å². The van der Waals surface area contributed by atoms with Gasteiger partial charge in [0.2, 0.25) is 0 Å². The SMILES string of the molecule is CCC(N)C1(CC(=O)OC)CCS(=O)(=O)C1. The summed E-state index contributed by atoms with van der Waals surface area (Å²) in [4.78, 5) is 11.3. The highest BCUT2D eigenvalue weighted by Gasteiger charge is 2.47. The number of carbonyl (C=O) groups excluding carboxylic acids is 1. The van der Waals surface area contributed by atoms with Gasteiger partial charge in [0.05, 0.1) is 25.0 Å². The maximum atomic E-state index is 11.5. The average Bonchev–Trinajstić information content (AvgIpc) is 2.54. The highest BCUT2D eigenvalue weighted by Crippen LogP contribution is 2.39. The molecular formula is C10H19NO4S. The molecule has 2 atom stereocenters. The van der Waals surface area contributed by atoms with Crippen LogP contribution in [0.15, 0.2) is 0 Å². The fourth-order valence-electron chi connectivity index (χ4n) is 2.30. The monoisotopic (exact) mass is 249 g/mol. The second kappa shape index (κ2) is 4.71. The Balaban J connectivity index is 2.91. The van der Waals surface area contributed by atoms with Gasteiger partial charge in [-0.1, -0.05) is 6.92 Å². The molecule has 5 nitrogen and oxygen atoms in total. The van der Waals surface area contributed by atoms with Crippen LogP contribution < -0.4 is 5.73 Å². The van der Waals surface area contributed by atoms with E-state index in [1.807, 2.05) is 6.92 Å². The summed E-state index contributed by atoms with van der Waals surface area (Å²) in [6.45, 7) is 1.90. The van der Waals surface area contributed by atoms with E-state index >= 15 is 0 Å². The third-order valence-electron chi connectivity index (χ3n) is 3.37. The Bertz CT molecular complexity index is 365. The highest BCUT2D eigenvalue weighted by atomic mass is 32.2. The van der Waals surface area contributed by atoms with Crippen LogP contribution in [0.3, 0.4) is 0 Å². The molecule has 0 aromatic carbocycles. The summed E-state index contributed by atoms with van der Waals surface area (Å²) >= 11 is 0. The van der Waals surface area contributed by atoms with E-state index in [0.29, 0.717) is 12.8 Å². The van der Waals surface area contributed by atoms with Crippen LogP contribution in [0.1, 0.15) is 26.2 Å². The number of ether oxygens (including phenoxy) is 1. The molecule has 1 aliphatic rings. The van der Waals surface area contributed by atoms with Gasteiger partial charge in [-0.3, -0.25) is 4.79 Å². The zero-order chi connectivity index (χ0) is 12.4. The Hall–Kier alpha value is -0.620. The van der Waals surface area contributed by atoms with Crippen LogP contribution in [0.2, 0.25) is 0 Å². The van der Waals surface area contributed by atoms with E-state index < -0.39 is 15.3 Å². The van der Waals surface area contributed by atoms with Crippen molar-refractivity contribution in [3.63, 3.8) is 0 Å². The smallest absolute Gasteiger partial charge is 0.306 e. The molecule has 6 heteroatoms. The van der Waals surface area contributed by atoms with Gasteiger partial charge >= 0.3 is 5.97 Å². The first kappa shape index (κ1) is 13.4. The number of sulfone groups is 1. The van der Waals surface area contributed by atoms with E-state index in [1.54, 1.807) is 0 Å². The summed E-state index contributed by atoms with van der Waals surface area (Å²) in [5, 5.41) is 0. The van der Waals surface area contributed by atoms with Gasteiger partial charge in [0.1, 0.15) is 0 Å². The van der Waals surface area contributed by atoms with Crippen molar-refractivity contribution < 1.29 is 17.9 Å². The zero-order valence-electron chi connectivity index (χ0n) is 9.73. The Morgan fingerprint density at radius 2 is 2.19 bits per heavy atom. The van der Waals surface area contributed by atoms with Crippen molar-refractivity contribution >= 4 is 15.8 Å². The van der Waals surface area contributed by atoms with Crippen LogP contribution in [-0.2, 0) is 19.4 Å². The topological polar surface area (TPSA) is 86.5 Å². The van der Waals surface area contributed by atoms with Crippen molar-refractivity contribution in [3.8, 4) is 0 Å². The average molecular weight is 249 g/mol. The number of carbonyl (C=O) groups is 1. The fourth-order valence-corrected chi connectivity index (χ4v) is 4.49. The van der Waals surface area contributed by atoms with E-state index in [4.69, 9.17) is 5.73 Å². The fraction of sp³-hybridized carbons (Fsp3) is 0.900. The van der Waals surface area contributed by atoms with E-state index in [1.165, 1.54) is 7.11 Å². The lowest BCUT2D eigenvalue weighted by molar-refractivity contribution is -0.143. The summed E-state index contributed by atoms with van der Waals surface area (Å²) in [6.07, 6.45) is 1.21. The first-order chi connectivity index (χ1) is 7.35. The molecule has 1 saturated heterocycles. The van der Waals surface area contributed by atoms with Gasteiger partial charge < -0.3 is 10.5 Å². The highest BCUT2D eigenvalue weighted by molar-refractivity contribution is 7.91. The van der Waals surface area contributed by atoms with Gasteiger partial charge in [0, 0.05) is 11.5 Å². The summed E-state index contributed by atoms with van der Waals surface area (Å²) in [7, 11) is -1.75. The summed E-state index contributed by atoms with van der Waals surface area (Å²) in [5.74, 6) is -0.261. The molecule has 1 aliphatic heterocycles. The first-order valence-electron chi connectivity index (χ1n) is 5.38. The molecule has 94 valence electrons. The zero-order valence-corrected chi connectivity index (χ0v) is 10.5. The quantitative estimate of drug-likeness (QED) is 0.714. The van der Waals surface area contributed by atoms with Crippen molar-refractivity contribution in [1.29, 1.82) is 0 Å². The molecule has 0 spiro atoms. The van der Waals surface area contributed by atoms with Crippen LogP contribution >= 0.6 is 0 Å². The molecule has 0 radical (unpaired) electrons. The lowest BCUT2D eigenvalue weighted by atomic mass is 9.76. The molecule has 2 unspecified atom stereocenters. The lowest BCUT2D eigenvalue weighted by Gasteiger charge is -2.32. The summed E-state index contributed by atoms with van der Waals surface area (Å²) < 4.78 is 27.7. The Labute approximate surface area is 96.3 Å². The molecule has 2 N–H and O–H groups in total. The Morgan fingerprint density at radius 3 is 2.56 bits per heavy atom.